The first-order valence-corrected chi connectivity index (χ1v) is 10.6. The Morgan fingerprint density at radius 1 is 0.829 bits per heavy atom. The van der Waals surface area contributed by atoms with Gasteiger partial charge in [0.2, 0.25) is 29.5 Å². The lowest BCUT2D eigenvalue weighted by molar-refractivity contribution is -0.142. The molecule has 14 nitrogen and oxygen atoms in total. The second kappa shape index (κ2) is 14.1. The lowest BCUT2D eigenvalue weighted by Gasteiger charge is -2.21. The lowest BCUT2D eigenvalue weighted by Crippen LogP contribution is -2.54. The van der Waals surface area contributed by atoms with Crippen molar-refractivity contribution in [2.45, 2.75) is 50.2 Å². The third kappa shape index (κ3) is 11.5. The number of rotatable bonds is 15. The van der Waals surface area contributed by atoms with Crippen LogP contribution in [0.15, 0.2) is 24.3 Å². The third-order valence-corrected chi connectivity index (χ3v) is 4.78. The zero-order valence-corrected chi connectivity index (χ0v) is 18.9. The van der Waals surface area contributed by atoms with E-state index in [0.29, 0.717) is 5.56 Å². The molecule has 5 amide bonds. The molecule has 0 aliphatic carbocycles. The molecule has 1 aromatic rings. The smallest absolute Gasteiger partial charge is 0.326 e. The highest BCUT2D eigenvalue weighted by atomic mass is 16.4. The summed E-state index contributed by atoms with van der Waals surface area (Å²) in [5, 5.41) is 25.5. The minimum absolute atomic E-state index is 0.00625. The number of aromatic hydroxyl groups is 1. The summed E-state index contributed by atoms with van der Waals surface area (Å²) in [6, 6.07) is 2.12. The number of carboxylic acids is 1. The van der Waals surface area contributed by atoms with E-state index in [0.717, 1.165) is 0 Å². The first-order chi connectivity index (χ1) is 16.4. The second-order valence-electron chi connectivity index (χ2n) is 7.72. The molecular formula is C21H30N6O8. The monoisotopic (exact) mass is 494 g/mol. The van der Waals surface area contributed by atoms with Gasteiger partial charge in [-0.25, -0.2) is 4.79 Å². The van der Waals surface area contributed by atoms with Gasteiger partial charge in [0, 0.05) is 19.3 Å². The van der Waals surface area contributed by atoms with Crippen molar-refractivity contribution in [3.63, 3.8) is 0 Å². The lowest BCUT2D eigenvalue weighted by atomic mass is 10.0. The third-order valence-electron chi connectivity index (χ3n) is 4.78. The molecule has 11 N–H and O–H groups in total. The van der Waals surface area contributed by atoms with Crippen molar-refractivity contribution in [3.05, 3.63) is 29.8 Å². The SMILES string of the molecule is NC(=O)CCC(N)C(=O)NC(Cc1ccc(O)cc1)C(=O)NCC(=O)NC(CCC(N)=O)C(=O)O. The number of phenolic OH excluding ortho intramolecular Hbond substituents is 1. The van der Waals surface area contributed by atoms with Crippen LogP contribution in [0.5, 0.6) is 5.75 Å². The Bertz CT molecular complexity index is 936. The van der Waals surface area contributed by atoms with Crippen LogP contribution in [0.25, 0.3) is 0 Å². The summed E-state index contributed by atoms with van der Waals surface area (Å²) < 4.78 is 0. The Morgan fingerprint density at radius 2 is 1.40 bits per heavy atom. The van der Waals surface area contributed by atoms with Gasteiger partial charge in [-0.1, -0.05) is 12.1 Å². The normalized spacial score (nSPS) is 13.1. The minimum Gasteiger partial charge on any atom is -0.508 e. The maximum Gasteiger partial charge on any atom is 0.326 e. The van der Waals surface area contributed by atoms with Gasteiger partial charge in [0.05, 0.1) is 12.6 Å². The van der Waals surface area contributed by atoms with E-state index in [-0.39, 0.29) is 37.9 Å². The van der Waals surface area contributed by atoms with E-state index in [1.165, 1.54) is 24.3 Å². The van der Waals surface area contributed by atoms with Crippen LogP contribution in [0.3, 0.4) is 0 Å². The van der Waals surface area contributed by atoms with Crippen molar-refractivity contribution in [3.8, 4) is 5.75 Å². The topological polar surface area (TPSA) is 257 Å². The molecule has 1 rings (SSSR count). The maximum atomic E-state index is 12.7. The minimum atomic E-state index is -1.39. The van der Waals surface area contributed by atoms with E-state index < -0.39 is 60.2 Å². The first-order valence-electron chi connectivity index (χ1n) is 10.6. The number of hydrogen-bond donors (Lipinski definition) is 8. The molecule has 35 heavy (non-hydrogen) atoms. The van der Waals surface area contributed by atoms with Crippen LogP contribution in [0.1, 0.15) is 31.2 Å². The van der Waals surface area contributed by atoms with Gasteiger partial charge in [0.15, 0.2) is 0 Å². The molecule has 192 valence electrons. The average molecular weight is 495 g/mol. The zero-order chi connectivity index (χ0) is 26.5. The number of carbonyl (C=O) groups is 6. The van der Waals surface area contributed by atoms with E-state index in [1.807, 2.05) is 0 Å². The fraction of sp³-hybridized carbons (Fsp3) is 0.429. The van der Waals surface area contributed by atoms with Gasteiger partial charge in [0.25, 0.3) is 0 Å². The summed E-state index contributed by atoms with van der Waals surface area (Å²) in [6.45, 7) is -0.616. The van der Waals surface area contributed by atoms with Crippen molar-refractivity contribution >= 4 is 35.5 Å². The number of carboxylic acid groups (broad SMARTS) is 1. The predicted octanol–water partition coefficient (Wildman–Crippen LogP) is -3.04. The molecule has 0 aliphatic heterocycles. The molecule has 0 aromatic heterocycles. The van der Waals surface area contributed by atoms with E-state index in [2.05, 4.69) is 16.0 Å². The Hall–Kier alpha value is -4.20. The van der Waals surface area contributed by atoms with Crippen LogP contribution < -0.4 is 33.2 Å². The molecule has 0 fully saturated rings. The largest absolute Gasteiger partial charge is 0.508 e. The van der Waals surface area contributed by atoms with Crippen LogP contribution in [-0.4, -0.2) is 70.4 Å². The Labute approximate surface area is 200 Å². The van der Waals surface area contributed by atoms with Crippen LogP contribution >= 0.6 is 0 Å². The van der Waals surface area contributed by atoms with Crippen LogP contribution in [0, 0.1) is 0 Å². The van der Waals surface area contributed by atoms with Crippen LogP contribution in [0.4, 0.5) is 0 Å². The van der Waals surface area contributed by atoms with Gasteiger partial charge in [-0.05, 0) is 30.5 Å². The van der Waals surface area contributed by atoms with E-state index in [9.17, 15) is 33.9 Å². The zero-order valence-electron chi connectivity index (χ0n) is 18.9. The molecule has 14 heteroatoms. The van der Waals surface area contributed by atoms with E-state index >= 15 is 0 Å². The number of aliphatic carboxylic acids is 1. The average Bonchev–Trinajstić information content (AvgIpc) is 2.78. The van der Waals surface area contributed by atoms with E-state index in [1.54, 1.807) is 0 Å². The summed E-state index contributed by atoms with van der Waals surface area (Å²) in [5.41, 5.74) is 16.3. The number of nitrogens with two attached hydrogens (primary N) is 3. The van der Waals surface area contributed by atoms with Gasteiger partial charge in [-0.15, -0.1) is 0 Å². The molecule has 1 aromatic carbocycles. The van der Waals surface area contributed by atoms with Gasteiger partial charge < -0.3 is 43.4 Å². The highest BCUT2D eigenvalue weighted by Gasteiger charge is 2.26. The summed E-state index contributed by atoms with van der Waals surface area (Å²) >= 11 is 0. The maximum absolute atomic E-state index is 12.7. The van der Waals surface area contributed by atoms with E-state index in [4.69, 9.17) is 22.3 Å². The molecular weight excluding hydrogens is 464 g/mol. The number of phenols is 1. The quantitative estimate of drug-likeness (QED) is 0.123. The molecule has 3 unspecified atom stereocenters. The Morgan fingerprint density at radius 3 is 1.94 bits per heavy atom. The number of carbonyl (C=O) groups excluding carboxylic acids is 5. The number of benzene rings is 1. The first kappa shape index (κ1) is 28.8. The van der Waals surface area contributed by atoms with Crippen molar-refractivity contribution in [2.75, 3.05) is 6.54 Å². The second-order valence-corrected chi connectivity index (χ2v) is 7.72. The number of amides is 5. The highest BCUT2D eigenvalue weighted by molar-refractivity contribution is 5.93. The van der Waals surface area contributed by atoms with Gasteiger partial charge in [0.1, 0.15) is 17.8 Å². The molecule has 3 atom stereocenters. The molecule has 0 heterocycles. The van der Waals surface area contributed by atoms with Gasteiger partial charge in [-0.2, -0.15) is 0 Å². The van der Waals surface area contributed by atoms with Crippen molar-refractivity contribution < 1.29 is 39.0 Å². The van der Waals surface area contributed by atoms with Gasteiger partial charge in [-0.3, -0.25) is 24.0 Å². The van der Waals surface area contributed by atoms with Crippen molar-refractivity contribution in [2.24, 2.45) is 17.2 Å². The summed E-state index contributed by atoms with van der Waals surface area (Å²) in [4.78, 5) is 70.3. The Kier molecular flexibility index (Phi) is 11.7. The number of nitrogens with one attached hydrogen (secondary N) is 3. The molecule has 0 radical (unpaired) electrons. The molecule has 0 saturated carbocycles. The summed E-state index contributed by atoms with van der Waals surface area (Å²) in [6.07, 6.45) is -0.700. The standard InChI is InChI=1S/C21H30N6O8/c22-13(5-7-16(23)29)19(32)27-15(9-11-1-3-12(28)4-2-11)20(33)25-10-18(31)26-14(21(34)35)6-8-17(24)30/h1-4,13-15,28H,5-10,22H2,(H2,23,29)(H2,24,30)(H,25,33)(H,26,31)(H,27,32)(H,34,35). The van der Waals surface area contributed by atoms with Crippen LogP contribution in [0.2, 0.25) is 0 Å². The fourth-order valence-electron chi connectivity index (χ4n) is 2.86. The highest BCUT2D eigenvalue weighted by Crippen LogP contribution is 2.12. The predicted molar refractivity (Wildman–Crippen MR) is 121 cm³/mol. The fourth-order valence-corrected chi connectivity index (χ4v) is 2.86. The van der Waals surface area contributed by atoms with Gasteiger partial charge >= 0.3 is 5.97 Å². The number of hydrogen-bond acceptors (Lipinski definition) is 8. The molecule has 0 aliphatic rings. The number of primary amides is 2. The molecule has 0 saturated heterocycles. The van der Waals surface area contributed by atoms with Crippen molar-refractivity contribution in [1.29, 1.82) is 0 Å². The Balaban J connectivity index is 2.82. The van der Waals surface area contributed by atoms with Crippen molar-refractivity contribution in [1.82, 2.24) is 16.0 Å². The molecule has 0 spiro atoms. The summed E-state index contributed by atoms with van der Waals surface area (Å²) in [7, 11) is 0. The summed E-state index contributed by atoms with van der Waals surface area (Å²) in [5.74, 6) is -5.11. The van der Waals surface area contributed by atoms with Crippen LogP contribution in [-0.2, 0) is 35.2 Å². The molecule has 0 bridgehead atoms.